The van der Waals surface area contributed by atoms with Crippen molar-refractivity contribution >= 4 is 0 Å². The lowest BCUT2D eigenvalue weighted by Crippen LogP contribution is -2.49. The van der Waals surface area contributed by atoms with E-state index < -0.39 is 5.97 Å². The molecule has 0 spiro atoms. The molecule has 1 aliphatic rings. The predicted octanol–water partition coefficient (Wildman–Crippen LogP) is 3.75. The van der Waals surface area contributed by atoms with E-state index in [1.807, 2.05) is 0 Å². The Labute approximate surface area is 142 Å². The first-order valence-electron chi connectivity index (χ1n) is 9.02. The highest BCUT2D eigenvalue weighted by Gasteiger charge is 2.43. The van der Waals surface area contributed by atoms with Crippen molar-refractivity contribution in [2.75, 3.05) is 34.5 Å². The number of ether oxygens (including phenoxy) is 5. The molecule has 3 unspecified atom stereocenters. The van der Waals surface area contributed by atoms with Crippen LogP contribution in [0.2, 0.25) is 0 Å². The van der Waals surface area contributed by atoms with E-state index in [0.717, 1.165) is 19.4 Å². The second-order valence-corrected chi connectivity index (χ2v) is 6.37. The van der Waals surface area contributed by atoms with Crippen LogP contribution in [0, 0.1) is 5.92 Å². The van der Waals surface area contributed by atoms with E-state index in [2.05, 4.69) is 13.8 Å². The van der Waals surface area contributed by atoms with Gasteiger partial charge >= 0.3 is 0 Å². The molecule has 0 radical (unpaired) electrons. The number of epoxide rings is 1. The van der Waals surface area contributed by atoms with E-state index in [1.165, 1.54) is 32.1 Å². The number of hydrogen-bond acceptors (Lipinski definition) is 5. The molecule has 1 heterocycles. The van der Waals surface area contributed by atoms with E-state index in [-0.39, 0.29) is 18.1 Å². The van der Waals surface area contributed by atoms with Gasteiger partial charge in [0, 0.05) is 21.3 Å². The van der Waals surface area contributed by atoms with Crippen LogP contribution in [0.3, 0.4) is 0 Å². The Morgan fingerprint density at radius 1 is 1.00 bits per heavy atom. The van der Waals surface area contributed by atoms with Crippen molar-refractivity contribution in [1.82, 2.24) is 0 Å². The van der Waals surface area contributed by atoms with Crippen LogP contribution in [-0.2, 0) is 23.7 Å². The summed E-state index contributed by atoms with van der Waals surface area (Å²) in [6.45, 7) is 5.73. The van der Waals surface area contributed by atoms with E-state index in [4.69, 9.17) is 23.7 Å². The summed E-state index contributed by atoms with van der Waals surface area (Å²) < 4.78 is 27.9. The highest BCUT2D eigenvalue weighted by Crippen LogP contribution is 2.33. The van der Waals surface area contributed by atoms with Crippen molar-refractivity contribution in [2.24, 2.45) is 5.92 Å². The summed E-state index contributed by atoms with van der Waals surface area (Å²) in [5.41, 5.74) is 0. The lowest BCUT2D eigenvalue weighted by molar-refractivity contribution is -0.389. The summed E-state index contributed by atoms with van der Waals surface area (Å²) >= 11 is 0. The van der Waals surface area contributed by atoms with Crippen LogP contribution in [0.25, 0.3) is 0 Å². The van der Waals surface area contributed by atoms with Crippen molar-refractivity contribution in [2.45, 2.75) is 77.0 Å². The summed E-state index contributed by atoms with van der Waals surface area (Å²) in [6.07, 6.45) is 8.74. The van der Waals surface area contributed by atoms with Crippen LogP contribution >= 0.6 is 0 Å². The van der Waals surface area contributed by atoms with Crippen LogP contribution < -0.4 is 0 Å². The van der Waals surface area contributed by atoms with Gasteiger partial charge in [-0.1, -0.05) is 45.4 Å². The van der Waals surface area contributed by atoms with Crippen LogP contribution in [0.1, 0.15) is 58.8 Å². The maximum Gasteiger partial charge on any atom is 0.287 e. The first kappa shape index (κ1) is 20.8. The van der Waals surface area contributed by atoms with Crippen molar-refractivity contribution < 1.29 is 23.7 Å². The fraction of sp³-hybridized carbons (Fsp3) is 1.00. The van der Waals surface area contributed by atoms with Gasteiger partial charge in [0.25, 0.3) is 5.97 Å². The predicted molar refractivity (Wildman–Crippen MR) is 90.4 cm³/mol. The average molecular weight is 332 g/mol. The maximum absolute atomic E-state index is 5.97. The number of methoxy groups -OCH3 is 3. The average Bonchev–Trinajstić information content (AvgIpc) is 3.40. The number of unbranched alkanes of at least 4 members (excludes halogenated alkanes) is 5. The van der Waals surface area contributed by atoms with Gasteiger partial charge in [0.15, 0.2) is 0 Å². The summed E-state index contributed by atoms with van der Waals surface area (Å²) in [6, 6.07) is 0. The molecule has 1 rings (SSSR count). The summed E-state index contributed by atoms with van der Waals surface area (Å²) in [7, 11) is 4.87. The Morgan fingerprint density at radius 3 is 2.09 bits per heavy atom. The van der Waals surface area contributed by atoms with E-state index in [0.29, 0.717) is 6.61 Å². The minimum atomic E-state index is -1.05. The zero-order valence-electron chi connectivity index (χ0n) is 15.6. The molecule has 138 valence electrons. The number of hydrogen-bond donors (Lipinski definition) is 0. The quantitative estimate of drug-likeness (QED) is 0.260. The molecule has 23 heavy (non-hydrogen) atoms. The Bertz CT molecular complexity index is 281. The molecule has 1 aliphatic heterocycles. The number of rotatable bonds is 15. The van der Waals surface area contributed by atoms with Crippen molar-refractivity contribution in [3.63, 3.8) is 0 Å². The zero-order valence-corrected chi connectivity index (χ0v) is 15.6. The molecule has 1 saturated heterocycles. The zero-order chi connectivity index (χ0) is 17.1. The topological polar surface area (TPSA) is 49.5 Å². The minimum absolute atomic E-state index is 0.0188. The first-order chi connectivity index (χ1) is 11.1. The standard InChI is InChI=1S/C18H36O5/c1-6-7-8-9-10-11-12-17(18(19-3,20-4)21-5)15(2)22-13-16-14-23-16/h15-17H,6-14H2,1-5H3. The van der Waals surface area contributed by atoms with Gasteiger partial charge < -0.3 is 23.7 Å². The normalized spacial score (nSPS) is 20.5. The monoisotopic (exact) mass is 332 g/mol. The molecular weight excluding hydrogens is 296 g/mol. The molecule has 5 heteroatoms. The van der Waals surface area contributed by atoms with Gasteiger partial charge in [0.05, 0.1) is 25.2 Å². The summed E-state index contributed by atoms with van der Waals surface area (Å²) in [5.74, 6) is -1.03. The third-order valence-electron chi connectivity index (χ3n) is 4.69. The fourth-order valence-corrected chi connectivity index (χ4v) is 3.09. The molecule has 1 fully saturated rings. The molecule has 3 atom stereocenters. The molecule has 5 nitrogen and oxygen atoms in total. The largest absolute Gasteiger partial charge is 0.375 e. The van der Waals surface area contributed by atoms with E-state index in [1.54, 1.807) is 21.3 Å². The van der Waals surface area contributed by atoms with E-state index >= 15 is 0 Å². The fourth-order valence-electron chi connectivity index (χ4n) is 3.09. The summed E-state index contributed by atoms with van der Waals surface area (Å²) in [4.78, 5) is 0. The van der Waals surface area contributed by atoms with Crippen LogP contribution in [0.15, 0.2) is 0 Å². The van der Waals surface area contributed by atoms with Gasteiger partial charge in [-0.25, -0.2) is 0 Å². The lowest BCUT2D eigenvalue weighted by Gasteiger charge is -2.39. The third kappa shape index (κ3) is 7.06. The molecule has 0 aromatic heterocycles. The second-order valence-electron chi connectivity index (χ2n) is 6.37. The summed E-state index contributed by atoms with van der Waals surface area (Å²) in [5, 5.41) is 0. The minimum Gasteiger partial charge on any atom is -0.375 e. The molecule has 0 aromatic carbocycles. The van der Waals surface area contributed by atoms with E-state index in [9.17, 15) is 0 Å². The molecule has 0 amide bonds. The molecular formula is C18H36O5. The molecule has 0 bridgehead atoms. The van der Waals surface area contributed by atoms with Gasteiger partial charge in [-0.15, -0.1) is 0 Å². The van der Waals surface area contributed by atoms with Gasteiger partial charge in [-0.3, -0.25) is 0 Å². The van der Waals surface area contributed by atoms with Gasteiger partial charge in [-0.05, 0) is 13.3 Å². The van der Waals surface area contributed by atoms with Gasteiger partial charge in [0.2, 0.25) is 0 Å². The smallest absolute Gasteiger partial charge is 0.287 e. The molecule has 0 aromatic rings. The molecule has 0 N–H and O–H groups in total. The Balaban J connectivity index is 2.51. The third-order valence-corrected chi connectivity index (χ3v) is 4.69. The molecule has 0 aliphatic carbocycles. The highest BCUT2D eigenvalue weighted by atomic mass is 16.9. The lowest BCUT2D eigenvalue weighted by atomic mass is 9.92. The first-order valence-corrected chi connectivity index (χ1v) is 9.02. The van der Waals surface area contributed by atoms with Gasteiger partial charge in [-0.2, -0.15) is 0 Å². The maximum atomic E-state index is 5.97. The second kappa shape index (κ2) is 11.4. The van der Waals surface area contributed by atoms with Crippen molar-refractivity contribution in [3.8, 4) is 0 Å². The van der Waals surface area contributed by atoms with Crippen molar-refractivity contribution in [1.29, 1.82) is 0 Å². The molecule has 0 saturated carbocycles. The van der Waals surface area contributed by atoms with Crippen molar-refractivity contribution in [3.05, 3.63) is 0 Å². The van der Waals surface area contributed by atoms with Gasteiger partial charge in [0.1, 0.15) is 6.10 Å². The SMILES string of the molecule is CCCCCCCCC(C(C)OCC1CO1)C(OC)(OC)OC. The Morgan fingerprint density at radius 2 is 1.57 bits per heavy atom. The van der Waals surface area contributed by atoms with Crippen LogP contribution in [0.4, 0.5) is 0 Å². The highest BCUT2D eigenvalue weighted by molar-refractivity contribution is 4.78. The van der Waals surface area contributed by atoms with Crippen LogP contribution in [-0.4, -0.2) is 52.7 Å². The Hall–Kier alpha value is -0.200. The Kier molecular flexibility index (Phi) is 10.3. The van der Waals surface area contributed by atoms with Crippen LogP contribution in [0.5, 0.6) is 0 Å².